The maximum atomic E-state index is 11.7. The average Bonchev–Trinajstić information content (AvgIpc) is 2.75. The van der Waals surface area contributed by atoms with E-state index in [9.17, 15) is 9.59 Å². The predicted molar refractivity (Wildman–Crippen MR) is 59.0 cm³/mol. The number of methoxy groups -OCH3 is 1. The minimum absolute atomic E-state index is 0.135. The lowest BCUT2D eigenvalue weighted by molar-refractivity contribution is 0.0228. The van der Waals surface area contributed by atoms with Crippen LogP contribution in [0.4, 0.5) is 0 Å². The third kappa shape index (κ3) is 3.28. The highest BCUT2D eigenvalue weighted by atomic mass is 16.5. The van der Waals surface area contributed by atoms with Gasteiger partial charge >= 0.3 is 5.97 Å². The minimum Gasteiger partial charge on any atom is -0.477 e. The van der Waals surface area contributed by atoms with Crippen LogP contribution in [0.3, 0.4) is 0 Å². The summed E-state index contributed by atoms with van der Waals surface area (Å²) in [6.07, 6.45) is 1.17. The number of H-pyrrole nitrogens is 1. The van der Waals surface area contributed by atoms with Crippen molar-refractivity contribution in [2.75, 3.05) is 13.7 Å². The number of nitrogens with one attached hydrogen (secondary N) is 2. The summed E-state index contributed by atoms with van der Waals surface area (Å²) in [6, 6.07) is 0. The zero-order chi connectivity index (χ0) is 13.1. The first-order chi connectivity index (χ1) is 7.87. The molecule has 7 nitrogen and oxygen atoms in total. The van der Waals surface area contributed by atoms with Gasteiger partial charge in [-0.05, 0) is 13.8 Å². The van der Waals surface area contributed by atoms with Gasteiger partial charge in [-0.1, -0.05) is 0 Å². The monoisotopic (exact) mass is 241 g/mol. The molecule has 1 heterocycles. The average molecular weight is 241 g/mol. The molecule has 0 aliphatic carbocycles. The van der Waals surface area contributed by atoms with Crippen LogP contribution in [0.15, 0.2) is 6.33 Å². The summed E-state index contributed by atoms with van der Waals surface area (Å²) in [4.78, 5) is 28.5. The van der Waals surface area contributed by atoms with Crippen molar-refractivity contribution in [2.24, 2.45) is 0 Å². The van der Waals surface area contributed by atoms with E-state index in [0.717, 1.165) is 0 Å². The molecule has 0 saturated heterocycles. The Balaban J connectivity index is 2.71. The molecule has 0 aliphatic heterocycles. The Labute approximate surface area is 98.2 Å². The summed E-state index contributed by atoms with van der Waals surface area (Å²) < 4.78 is 5.12. The lowest BCUT2D eigenvalue weighted by Crippen LogP contribution is -2.40. The number of aromatic carboxylic acids is 1. The number of nitrogens with zero attached hydrogens (tertiary/aromatic N) is 1. The third-order valence-corrected chi connectivity index (χ3v) is 2.30. The van der Waals surface area contributed by atoms with Crippen molar-refractivity contribution in [1.29, 1.82) is 0 Å². The van der Waals surface area contributed by atoms with Gasteiger partial charge in [0.05, 0.1) is 11.9 Å². The van der Waals surface area contributed by atoms with E-state index in [-0.39, 0.29) is 17.9 Å². The van der Waals surface area contributed by atoms with Gasteiger partial charge in [-0.15, -0.1) is 0 Å². The molecule has 1 aromatic heterocycles. The van der Waals surface area contributed by atoms with E-state index in [1.165, 1.54) is 13.4 Å². The van der Waals surface area contributed by atoms with E-state index < -0.39 is 17.5 Å². The SMILES string of the molecule is COC(C)(C)CNC(=O)c1nc[nH]c1C(=O)O. The Morgan fingerprint density at radius 3 is 2.76 bits per heavy atom. The zero-order valence-corrected chi connectivity index (χ0v) is 9.90. The van der Waals surface area contributed by atoms with Gasteiger partial charge in [0.15, 0.2) is 11.4 Å². The van der Waals surface area contributed by atoms with Crippen LogP contribution < -0.4 is 5.32 Å². The smallest absolute Gasteiger partial charge is 0.354 e. The topological polar surface area (TPSA) is 104 Å². The van der Waals surface area contributed by atoms with Crippen molar-refractivity contribution >= 4 is 11.9 Å². The van der Waals surface area contributed by atoms with Crippen LogP contribution in [0.5, 0.6) is 0 Å². The third-order valence-electron chi connectivity index (χ3n) is 2.30. The van der Waals surface area contributed by atoms with E-state index in [4.69, 9.17) is 9.84 Å². The molecule has 0 unspecified atom stereocenters. The molecule has 0 fully saturated rings. The Morgan fingerprint density at radius 1 is 1.59 bits per heavy atom. The highest BCUT2D eigenvalue weighted by Crippen LogP contribution is 2.07. The molecule has 0 atom stereocenters. The lowest BCUT2D eigenvalue weighted by atomic mass is 10.1. The summed E-state index contributed by atoms with van der Waals surface area (Å²) in [7, 11) is 1.53. The molecule has 1 rings (SSSR count). The first kappa shape index (κ1) is 13.2. The standard InChI is InChI=1S/C10H15N3O4/c1-10(2,17-3)4-11-8(14)6-7(9(15)16)13-5-12-6/h5H,4H2,1-3H3,(H,11,14)(H,12,13)(H,15,16). The first-order valence-corrected chi connectivity index (χ1v) is 4.97. The maximum Gasteiger partial charge on any atom is 0.354 e. The molecule has 3 N–H and O–H groups in total. The quantitative estimate of drug-likeness (QED) is 0.686. The second kappa shape index (κ2) is 4.96. The Morgan fingerprint density at radius 2 is 2.24 bits per heavy atom. The van der Waals surface area contributed by atoms with Crippen molar-refractivity contribution in [3.63, 3.8) is 0 Å². The minimum atomic E-state index is -1.22. The number of imidazole rings is 1. The molecule has 1 amide bonds. The number of hydrogen-bond donors (Lipinski definition) is 3. The first-order valence-electron chi connectivity index (χ1n) is 4.97. The second-order valence-corrected chi connectivity index (χ2v) is 4.08. The molecule has 94 valence electrons. The number of carboxylic acids is 1. The van der Waals surface area contributed by atoms with E-state index in [1.54, 1.807) is 13.8 Å². The Kier molecular flexibility index (Phi) is 3.84. The van der Waals surface area contributed by atoms with Crippen LogP contribution in [-0.2, 0) is 4.74 Å². The molecule has 0 spiro atoms. The largest absolute Gasteiger partial charge is 0.477 e. The fourth-order valence-corrected chi connectivity index (χ4v) is 1.08. The van der Waals surface area contributed by atoms with Gasteiger partial charge in [0.1, 0.15) is 0 Å². The predicted octanol–water partition coefficient (Wildman–Crippen LogP) is 0.263. The van der Waals surface area contributed by atoms with Crippen LogP contribution in [-0.4, -0.2) is 46.2 Å². The normalized spacial score (nSPS) is 11.2. The van der Waals surface area contributed by atoms with Crippen LogP contribution in [0.2, 0.25) is 0 Å². The van der Waals surface area contributed by atoms with Gasteiger partial charge in [0.25, 0.3) is 5.91 Å². The van der Waals surface area contributed by atoms with Crippen molar-refractivity contribution in [3.8, 4) is 0 Å². The molecule has 0 bridgehead atoms. The molecule has 0 radical (unpaired) electrons. The number of amides is 1. The van der Waals surface area contributed by atoms with Gasteiger partial charge in [-0.3, -0.25) is 4.79 Å². The van der Waals surface area contributed by atoms with Crippen molar-refractivity contribution < 1.29 is 19.4 Å². The summed E-state index contributed by atoms with van der Waals surface area (Å²) in [5.74, 6) is -1.77. The summed E-state index contributed by atoms with van der Waals surface area (Å²) in [5, 5.41) is 11.4. The fraction of sp³-hybridized carbons (Fsp3) is 0.500. The molecule has 1 aromatic rings. The Hall–Kier alpha value is -1.89. The number of aromatic amines is 1. The van der Waals surface area contributed by atoms with Gasteiger partial charge in [0, 0.05) is 13.7 Å². The number of carbonyl (C=O) groups is 2. The number of aromatic nitrogens is 2. The zero-order valence-electron chi connectivity index (χ0n) is 9.90. The van der Waals surface area contributed by atoms with E-state index in [2.05, 4.69) is 15.3 Å². The van der Waals surface area contributed by atoms with Crippen molar-refractivity contribution in [3.05, 3.63) is 17.7 Å². The number of rotatable bonds is 5. The van der Waals surface area contributed by atoms with Crippen LogP contribution >= 0.6 is 0 Å². The molecular formula is C10H15N3O4. The Bertz CT molecular complexity index is 425. The van der Waals surface area contributed by atoms with Gasteiger partial charge in [-0.2, -0.15) is 0 Å². The van der Waals surface area contributed by atoms with Crippen molar-refractivity contribution in [2.45, 2.75) is 19.4 Å². The highest BCUT2D eigenvalue weighted by Gasteiger charge is 2.22. The molecule has 17 heavy (non-hydrogen) atoms. The fourth-order valence-electron chi connectivity index (χ4n) is 1.08. The van der Waals surface area contributed by atoms with E-state index >= 15 is 0 Å². The lowest BCUT2D eigenvalue weighted by Gasteiger charge is -2.22. The molecule has 0 aliphatic rings. The van der Waals surface area contributed by atoms with E-state index in [1.807, 2.05) is 0 Å². The van der Waals surface area contributed by atoms with E-state index in [0.29, 0.717) is 0 Å². The number of hydrogen-bond acceptors (Lipinski definition) is 4. The molecule has 0 saturated carbocycles. The molecular weight excluding hydrogens is 226 g/mol. The summed E-state index contributed by atoms with van der Waals surface area (Å²) in [6.45, 7) is 3.86. The molecule has 7 heteroatoms. The van der Waals surface area contributed by atoms with Crippen LogP contribution in [0.1, 0.15) is 34.8 Å². The van der Waals surface area contributed by atoms with Crippen molar-refractivity contribution in [1.82, 2.24) is 15.3 Å². The van der Waals surface area contributed by atoms with Gasteiger partial charge < -0.3 is 20.1 Å². The summed E-state index contributed by atoms with van der Waals surface area (Å²) in [5.41, 5.74) is -0.878. The maximum absolute atomic E-state index is 11.7. The van der Waals surface area contributed by atoms with Gasteiger partial charge in [-0.25, -0.2) is 9.78 Å². The molecule has 0 aromatic carbocycles. The second-order valence-electron chi connectivity index (χ2n) is 4.08. The van der Waals surface area contributed by atoms with Crippen LogP contribution in [0, 0.1) is 0 Å². The summed E-state index contributed by atoms with van der Waals surface area (Å²) >= 11 is 0. The number of carboxylic acid groups (broad SMARTS) is 1. The van der Waals surface area contributed by atoms with Gasteiger partial charge in [0.2, 0.25) is 0 Å². The number of carbonyl (C=O) groups excluding carboxylic acids is 1. The van der Waals surface area contributed by atoms with Crippen LogP contribution in [0.25, 0.3) is 0 Å². The highest BCUT2D eigenvalue weighted by molar-refractivity contribution is 6.02. The number of ether oxygens (including phenoxy) is 1.